The number of likely N-dealkylation sites (tertiary alicyclic amines) is 1. The van der Waals surface area contributed by atoms with Crippen LogP contribution in [0.4, 0.5) is 5.69 Å². The van der Waals surface area contributed by atoms with E-state index in [0.29, 0.717) is 17.9 Å². The average molecular weight is 545 g/mol. The van der Waals surface area contributed by atoms with E-state index < -0.39 is 5.97 Å². The highest BCUT2D eigenvalue weighted by Gasteiger charge is 2.21. The van der Waals surface area contributed by atoms with Gasteiger partial charge in [0.2, 0.25) is 0 Å². The van der Waals surface area contributed by atoms with Crippen molar-refractivity contribution in [3.63, 3.8) is 0 Å². The van der Waals surface area contributed by atoms with Gasteiger partial charge in [0.15, 0.2) is 5.57 Å². The van der Waals surface area contributed by atoms with Gasteiger partial charge >= 0.3 is 5.97 Å². The third kappa shape index (κ3) is 5.64. The number of nitriles is 2. The van der Waals surface area contributed by atoms with Gasteiger partial charge in [-0.15, -0.1) is 0 Å². The lowest BCUT2D eigenvalue weighted by Crippen LogP contribution is -2.25. The van der Waals surface area contributed by atoms with Crippen molar-refractivity contribution in [1.82, 2.24) is 14.5 Å². The fourth-order valence-corrected chi connectivity index (χ4v) is 5.51. The predicted octanol–water partition coefficient (Wildman–Crippen LogP) is 6.48. The number of carboxylic acid groups (broad SMARTS) is 1. The number of rotatable bonds is 9. The lowest BCUT2D eigenvalue weighted by molar-refractivity contribution is 0.0697. The van der Waals surface area contributed by atoms with Crippen molar-refractivity contribution in [2.45, 2.75) is 46.1 Å². The summed E-state index contributed by atoms with van der Waals surface area (Å²) in [7, 11) is 0. The highest BCUT2D eigenvalue weighted by molar-refractivity contribution is 5.96. The maximum absolute atomic E-state index is 11.7. The molecule has 3 aromatic carbocycles. The molecule has 0 radical (unpaired) electrons. The molecule has 1 saturated heterocycles. The maximum Gasteiger partial charge on any atom is 0.336 e. The molecule has 0 spiro atoms. The zero-order chi connectivity index (χ0) is 28.9. The first-order valence-electron chi connectivity index (χ1n) is 13.9. The van der Waals surface area contributed by atoms with Crippen LogP contribution in [-0.2, 0) is 13.0 Å². The SMILES string of the molecule is CCCc1nc2c(C)cc(NC(=C(C#N)C#N)N3CCCC3)cc2n1Cc1ccc(-c2ccccc2C(=O)O)cc1. The van der Waals surface area contributed by atoms with Crippen molar-refractivity contribution in [3.8, 4) is 23.3 Å². The second kappa shape index (κ2) is 12.0. The zero-order valence-electron chi connectivity index (χ0n) is 23.3. The quantitative estimate of drug-likeness (QED) is 0.232. The smallest absolute Gasteiger partial charge is 0.336 e. The number of imidazole rings is 1. The van der Waals surface area contributed by atoms with Crippen LogP contribution in [0, 0.1) is 29.6 Å². The molecule has 0 saturated carbocycles. The Morgan fingerprint density at radius 3 is 2.41 bits per heavy atom. The van der Waals surface area contributed by atoms with E-state index in [-0.39, 0.29) is 11.1 Å². The second-order valence-electron chi connectivity index (χ2n) is 10.3. The fourth-order valence-electron chi connectivity index (χ4n) is 5.51. The van der Waals surface area contributed by atoms with Crippen LogP contribution in [0.2, 0.25) is 0 Å². The number of aromatic carboxylic acids is 1. The van der Waals surface area contributed by atoms with Crippen LogP contribution in [-0.4, -0.2) is 38.6 Å². The Labute approximate surface area is 239 Å². The molecule has 1 aromatic heterocycles. The van der Waals surface area contributed by atoms with Crippen molar-refractivity contribution in [2.24, 2.45) is 0 Å². The second-order valence-corrected chi connectivity index (χ2v) is 10.3. The molecule has 1 aliphatic rings. The summed E-state index contributed by atoms with van der Waals surface area (Å²) in [4.78, 5) is 18.8. The number of hydrogen-bond acceptors (Lipinski definition) is 6. The molecule has 0 unspecified atom stereocenters. The van der Waals surface area contributed by atoms with Crippen LogP contribution in [0.25, 0.3) is 22.2 Å². The molecule has 2 N–H and O–H groups in total. The molecular formula is C33H32N6O2. The first-order chi connectivity index (χ1) is 19.9. The summed E-state index contributed by atoms with van der Waals surface area (Å²) < 4.78 is 2.23. The lowest BCUT2D eigenvalue weighted by atomic mass is 9.99. The van der Waals surface area contributed by atoms with Crippen LogP contribution >= 0.6 is 0 Å². The van der Waals surface area contributed by atoms with E-state index in [9.17, 15) is 20.4 Å². The first kappa shape index (κ1) is 27.5. The number of nitrogens with zero attached hydrogens (tertiary/aromatic N) is 5. The van der Waals surface area contributed by atoms with Crippen molar-refractivity contribution in [3.05, 3.63) is 94.6 Å². The molecule has 0 atom stereocenters. The first-order valence-corrected chi connectivity index (χ1v) is 13.9. The Bertz CT molecular complexity index is 1700. The Balaban J connectivity index is 1.52. The number of fused-ring (bicyclic) bond motifs is 1. The fraction of sp³-hybridized carbons (Fsp3) is 0.273. The lowest BCUT2D eigenvalue weighted by Gasteiger charge is -2.23. The summed E-state index contributed by atoms with van der Waals surface area (Å²) in [6.45, 7) is 6.39. The molecular weight excluding hydrogens is 512 g/mol. The Morgan fingerprint density at radius 1 is 1.05 bits per heavy atom. The van der Waals surface area contributed by atoms with Crippen LogP contribution < -0.4 is 5.32 Å². The number of allylic oxidation sites excluding steroid dienone is 1. The van der Waals surface area contributed by atoms with E-state index in [1.165, 1.54) is 0 Å². The summed E-state index contributed by atoms with van der Waals surface area (Å²) in [6, 6.07) is 23.2. The van der Waals surface area contributed by atoms with Crippen LogP contribution in [0.5, 0.6) is 0 Å². The predicted molar refractivity (Wildman–Crippen MR) is 159 cm³/mol. The molecule has 5 rings (SSSR count). The van der Waals surface area contributed by atoms with Crippen LogP contribution in [0.3, 0.4) is 0 Å². The monoisotopic (exact) mass is 544 g/mol. The summed E-state index contributed by atoms with van der Waals surface area (Å²) in [5, 5.41) is 32.3. The number of carboxylic acids is 1. The Kier molecular flexibility index (Phi) is 8.03. The molecule has 41 heavy (non-hydrogen) atoms. The summed E-state index contributed by atoms with van der Waals surface area (Å²) in [5.41, 5.74) is 6.70. The zero-order valence-corrected chi connectivity index (χ0v) is 23.3. The summed E-state index contributed by atoms with van der Waals surface area (Å²) in [6.07, 6.45) is 3.84. The highest BCUT2D eigenvalue weighted by Crippen LogP contribution is 2.30. The van der Waals surface area contributed by atoms with Gasteiger partial charge in [0.25, 0.3) is 0 Å². The van der Waals surface area contributed by atoms with Gasteiger partial charge in [-0.05, 0) is 66.6 Å². The molecule has 8 heteroatoms. The van der Waals surface area contributed by atoms with Crippen LogP contribution in [0.1, 0.15) is 53.5 Å². The topological polar surface area (TPSA) is 118 Å². The Hall–Kier alpha value is -5.08. The number of aromatic nitrogens is 2. The van der Waals surface area contributed by atoms with Gasteiger partial charge in [-0.3, -0.25) is 0 Å². The van der Waals surface area contributed by atoms with E-state index in [4.69, 9.17) is 4.98 Å². The Morgan fingerprint density at radius 2 is 1.76 bits per heavy atom. The van der Waals surface area contributed by atoms with Gasteiger partial charge in [-0.1, -0.05) is 49.4 Å². The van der Waals surface area contributed by atoms with Gasteiger partial charge in [0, 0.05) is 31.7 Å². The molecule has 8 nitrogen and oxygen atoms in total. The number of nitrogens with one attached hydrogen (secondary N) is 1. The molecule has 2 heterocycles. The molecule has 206 valence electrons. The third-order valence-electron chi connectivity index (χ3n) is 7.51. The molecule has 1 fully saturated rings. The van der Waals surface area contributed by atoms with E-state index in [1.54, 1.807) is 12.1 Å². The van der Waals surface area contributed by atoms with Crippen LogP contribution in [0.15, 0.2) is 72.1 Å². The van der Waals surface area contributed by atoms with Gasteiger partial charge in [-0.25, -0.2) is 9.78 Å². The minimum atomic E-state index is -0.946. The number of carbonyl (C=O) groups is 1. The largest absolute Gasteiger partial charge is 0.478 e. The van der Waals surface area contributed by atoms with Crippen molar-refractivity contribution < 1.29 is 9.90 Å². The van der Waals surface area contributed by atoms with Crippen molar-refractivity contribution in [1.29, 1.82) is 10.5 Å². The van der Waals surface area contributed by atoms with Crippen molar-refractivity contribution >= 4 is 22.7 Å². The van der Waals surface area contributed by atoms with E-state index in [0.717, 1.165) is 78.0 Å². The molecule has 0 amide bonds. The van der Waals surface area contributed by atoms with Gasteiger partial charge in [0.05, 0.1) is 16.6 Å². The number of anilines is 1. The van der Waals surface area contributed by atoms with E-state index in [2.05, 4.69) is 39.9 Å². The summed E-state index contributed by atoms with van der Waals surface area (Å²) >= 11 is 0. The third-order valence-corrected chi connectivity index (χ3v) is 7.51. The molecule has 0 bridgehead atoms. The van der Waals surface area contributed by atoms with Gasteiger partial charge in [-0.2, -0.15) is 10.5 Å². The van der Waals surface area contributed by atoms with E-state index in [1.807, 2.05) is 49.4 Å². The number of hydrogen-bond donors (Lipinski definition) is 2. The molecule has 0 aliphatic carbocycles. The average Bonchev–Trinajstić information content (AvgIpc) is 3.63. The minimum absolute atomic E-state index is 0.0781. The molecule has 1 aliphatic heterocycles. The molecule has 4 aromatic rings. The van der Waals surface area contributed by atoms with Gasteiger partial charge < -0.3 is 19.9 Å². The van der Waals surface area contributed by atoms with Gasteiger partial charge in [0.1, 0.15) is 23.8 Å². The number of benzene rings is 3. The standard InChI is InChI=1S/C33H32N6O2/c1-3-8-30-37-31-22(2)17-26(36-32(25(19-34)20-35)38-15-6-7-16-38)18-29(31)39(30)21-23-11-13-24(14-12-23)27-9-4-5-10-28(27)33(40)41/h4-5,9-14,17-18,36H,3,6-8,15-16,21H2,1-2H3,(H,40,41). The summed E-state index contributed by atoms with van der Waals surface area (Å²) in [5.74, 6) is 0.606. The normalized spacial score (nSPS) is 12.6. The highest BCUT2D eigenvalue weighted by atomic mass is 16.4. The van der Waals surface area contributed by atoms with Crippen molar-refractivity contribution in [2.75, 3.05) is 18.4 Å². The maximum atomic E-state index is 11.7. The minimum Gasteiger partial charge on any atom is -0.478 e. The number of aryl methyl sites for hydroxylation is 2. The van der Waals surface area contributed by atoms with E-state index >= 15 is 0 Å².